The predicted octanol–water partition coefficient (Wildman–Crippen LogP) is 2.11. The first-order chi connectivity index (χ1) is 9.33. The fourth-order valence-electron chi connectivity index (χ4n) is 2.18. The number of rotatable bonds is 7. The molecule has 0 aromatic heterocycles. The minimum absolute atomic E-state index is 0.224. The third kappa shape index (κ3) is 4.20. The van der Waals surface area contributed by atoms with E-state index >= 15 is 0 Å². The van der Waals surface area contributed by atoms with Gasteiger partial charge in [-0.15, -0.1) is 0 Å². The van der Waals surface area contributed by atoms with Gasteiger partial charge in [-0.25, -0.2) is 0 Å². The van der Waals surface area contributed by atoms with Gasteiger partial charge in [0.05, 0.1) is 26.4 Å². The molecule has 0 saturated carbocycles. The molecule has 1 saturated heterocycles. The molecule has 2 rings (SSSR count). The molecule has 4 heteroatoms. The van der Waals surface area contributed by atoms with Gasteiger partial charge in [-0.2, -0.15) is 0 Å². The topological polar surface area (TPSA) is 39.7 Å². The Morgan fingerprint density at radius 3 is 3.00 bits per heavy atom. The zero-order valence-electron chi connectivity index (χ0n) is 11.8. The normalized spacial score (nSPS) is 18.7. The molecule has 1 atom stereocenters. The van der Waals surface area contributed by atoms with E-state index in [0.717, 1.165) is 37.4 Å². The SMILES string of the molecule is CCNCc1ccc(OC)c(COC2CCOC2)c1. The van der Waals surface area contributed by atoms with Crippen molar-refractivity contribution in [2.45, 2.75) is 32.6 Å². The minimum atomic E-state index is 0.224. The largest absolute Gasteiger partial charge is 0.496 e. The lowest BCUT2D eigenvalue weighted by molar-refractivity contribution is 0.0308. The molecule has 1 unspecified atom stereocenters. The molecule has 4 nitrogen and oxygen atoms in total. The van der Waals surface area contributed by atoms with Crippen LogP contribution in [0.25, 0.3) is 0 Å². The van der Waals surface area contributed by atoms with Gasteiger partial charge >= 0.3 is 0 Å². The van der Waals surface area contributed by atoms with E-state index in [4.69, 9.17) is 14.2 Å². The maximum atomic E-state index is 5.87. The third-order valence-electron chi connectivity index (χ3n) is 3.29. The second-order valence-electron chi connectivity index (χ2n) is 4.72. The molecule has 106 valence electrons. The van der Waals surface area contributed by atoms with Gasteiger partial charge in [0.2, 0.25) is 0 Å². The second-order valence-corrected chi connectivity index (χ2v) is 4.72. The van der Waals surface area contributed by atoms with Crippen molar-refractivity contribution < 1.29 is 14.2 Å². The zero-order valence-corrected chi connectivity index (χ0v) is 11.8. The fraction of sp³-hybridized carbons (Fsp3) is 0.600. The van der Waals surface area contributed by atoms with Crippen molar-refractivity contribution in [2.24, 2.45) is 0 Å². The Morgan fingerprint density at radius 2 is 2.32 bits per heavy atom. The van der Waals surface area contributed by atoms with Crippen LogP contribution >= 0.6 is 0 Å². The van der Waals surface area contributed by atoms with E-state index in [2.05, 4.69) is 24.4 Å². The first kappa shape index (κ1) is 14.3. The summed E-state index contributed by atoms with van der Waals surface area (Å²) in [5, 5.41) is 3.32. The van der Waals surface area contributed by atoms with Crippen molar-refractivity contribution in [3.8, 4) is 5.75 Å². The summed E-state index contributed by atoms with van der Waals surface area (Å²) in [6.45, 7) is 6.05. The van der Waals surface area contributed by atoms with Gasteiger partial charge in [0.1, 0.15) is 5.75 Å². The van der Waals surface area contributed by atoms with Crippen molar-refractivity contribution in [1.29, 1.82) is 0 Å². The number of ether oxygens (including phenoxy) is 3. The molecule has 1 aliphatic heterocycles. The highest BCUT2D eigenvalue weighted by atomic mass is 16.5. The quantitative estimate of drug-likeness (QED) is 0.819. The molecule has 1 aliphatic rings. The van der Waals surface area contributed by atoms with Crippen LogP contribution in [-0.2, 0) is 22.6 Å². The molecule has 0 aliphatic carbocycles. The van der Waals surface area contributed by atoms with E-state index in [-0.39, 0.29) is 6.10 Å². The molecular formula is C15H23NO3. The van der Waals surface area contributed by atoms with Crippen LogP contribution in [0, 0.1) is 0 Å². The van der Waals surface area contributed by atoms with Crippen molar-refractivity contribution in [3.63, 3.8) is 0 Å². The van der Waals surface area contributed by atoms with Gasteiger partial charge in [0.15, 0.2) is 0 Å². The van der Waals surface area contributed by atoms with E-state index < -0.39 is 0 Å². The predicted molar refractivity (Wildman–Crippen MR) is 74.4 cm³/mol. The molecule has 1 heterocycles. The van der Waals surface area contributed by atoms with Gasteiger partial charge in [0.25, 0.3) is 0 Å². The summed E-state index contributed by atoms with van der Waals surface area (Å²) >= 11 is 0. The summed E-state index contributed by atoms with van der Waals surface area (Å²) in [6.07, 6.45) is 1.21. The van der Waals surface area contributed by atoms with Crippen LogP contribution in [0.2, 0.25) is 0 Å². The standard InChI is InChI=1S/C15H23NO3/c1-3-16-9-12-4-5-15(17-2)13(8-12)10-19-14-6-7-18-11-14/h4-5,8,14,16H,3,6-7,9-11H2,1-2H3. The lowest BCUT2D eigenvalue weighted by atomic mass is 10.1. The summed E-state index contributed by atoms with van der Waals surface area (Å²) in [4.78, 5) is 0. The van der Waals surface area contributed by atoms with E-state index in [1.807, 2.05) is 6.07 Å². The average molecular weight is 265 g/mol. The first-order valence-electron chi connectivity index (χ1n) is 6.89. The molecule has 1 aromatic carbocycles. The highest BCUT2D eigenvalue weighted by molar-refractivity contribution is 5.36. The van der Waals surface area contributed by atoms with Crippen LogP contribution in [0.5, 0.6) is 5.75 Å². The highest BCUT2D eigenvalue weighted by Gasteiger charge is 2.16. The van der Waals surface area contributed by atoms with Crippen molar-refractivity contribution in [1.82, 2.24) is 5.32 Å². The minimum Gasteiger partial charge on any atom is -0.496 e. The Labute approximate surface area is 115 Å². The average Bonchev–Trinajstić information content (AvgIpc) is 2.96. The van der Waals surface area contributed by atoms with Crippen molar-refractivity contribution >= 4 is 0 Å². The number of hydrogen-bond donors (Lipinski definition) is 1. The van der Waals surface area contributed by atoms with Gasteiger partial charge in [0, 0.05) is 18.7 Å². The third-order valence-corrected chi connectivity index (χ3v) is 3.29. The second kappa shape index (κ2) is 7.48. The van der Waals surface area contributed by atoms with Crippen LogP contribution < -0.4 is 10.1 Å². The van der Waals surface area contributed by atoms with Crippen molar-refractivity contribution in [2.75, 3.05) is 26.9 Å². The highest BCUT2D eigenvalue weighted by Crippen LogP contribution is 2.22. The molecular weight excluding hydrogens is 242 g/mol. The Hall–Kier alpha value is -1.10. The molecule has 0 bridgehead atoms. The van der Waals surface area contributed by atoms with Gasteiger partial charge in [-0.05, 0) is 30.7 Å². The fourth-order valence-corrected chi connectivity index (χ4v) is 2.18. The number of nitrogens with one attached hydrogen (secondary N) is 1. The van der Waals surface area contributed by atoms with Crippen LogP contribution in [-0.4, -0.2) is 33.0 Å². The Bertz CT molecular complexity index is 389. The van der Waals surface area contributed by atoms with E-state index in [1.54, 1.807) is 7.11 Å². The lowest BCUT2D eigenvalue weighted by Crippen LogP contribution is -2.14. The Morgan fingerprint density at radius 1 is 1.42 bits per heavy atom. The lowest BCUT2D eigenvalue weighted by Gasteiger charge is -2.14. The summed E-state index contributed by atoms with van der Waals surface area (Å²) < 4.78 is 16.6. The van der Waals surface area contributed by atoms with Crippen LogP contribution in [0.15, 0.2) is 18.2 Å². The Balaban J connectivity index is 1.98. The van der Waals surface area contributed by atoms with Gasteiger partial charge in [-0.3, -0.25) is 0 Å². The van der Waals surface area contributed by atoms with Crippen LogP contribution in [0.3, 0.4) is 0 Å². The van der Waals surface area contributed by atoms with Gasteiger partial charge < -0.3 is 19.5 Å². The van der Waals surface area contributed by atoms with E-state index in [1.165, 1.54) is 5.56 Å². The number of methoxy groups -OCH3 is 1. The van der Waals surface area contributed by atoms with E-state index in [9.17, 15) is 0 Å². The number of benzene rings is 1. The smallest absolute Gasteiger partial charge is 0.124 e. The van der Waals surface area contributed by atoms with Crippen LogP contribution in [0.1, 0.15) is 24.5 Å². The van der Waals surface area contributed by atoms with Crippen LogP contribution in [0.4, 0.5) is 0 Å². The number of hydrogen-bond acceptors (Lipinski definition) is 4. The first-order valence-corrected chi connectivity index (χ1v) is 6.89. The zero-order chi connectivity index (χ0) is 13.5. The summed E-state index contributed by atoms with van der Waals surface area (Å²) in [5.41, 5.74) is 2.36. The molecule has 0 radical (unpaired) electrons. The summed E-state index contributed by atoms with van der Waals surface area (Å²) in [5.74, 6) is 0.888. The molecule has 19 heavy (non-hydrogen) atoms. The van der Waals surface area contributed by atoms with Gasteiger partial charge in [-0.1, -0.05) is 13.0 Å². The maximum absolute atomic E-state index is 5.87. The summed E-state index contributed by atoms with van der Waals surface area (Å²) in [7, 11) is 1.70. The molecule has 1 fully saturated rings. The van der Waals surface area contributed by atoms with Crippen molar-refractivity contribution in [3.05, 3.63) is 29.3 Å². The molecule has 0 spiro atoms. The Kier molecular flexibility index (Phi) is 5.63. The summed E-state index contributed by atoms with van der Waals surface area (Å²) in [6, 6.07) is 6.25. The maximum Gasteiger partial charge on any atom is 0.124 e. The monoisotopic (exact) mass is 265 g/mol. The van der Waals surface area contributed by atoms with E-state index in [0.29, 0.717) is 13.2 Å². The molecule has 1 N–H and O–H groups in total. The molecule has 0 amide bonds. The molecule has 1 aromatic rings.